The zero-order valence-corrected chi connectivity index (χ0v) is 18.6. The molecule has 5 nitrogen and oxygen atoms in total. The number of nitrogens with one attached hydrogen (secondary N) is 1. The zero-order valence-electron chi connectivity index (χ0n) is 17.8. The van der Waals surface area contributed by atoms with Gasteiger partial charge in [0.25, 0.3) is 5.91 Å². The third-order valence-corrected chi connectivity index (χ3v) is 6.33. The lowest BCUT2D eigenvalue weighted by Gasteiger charge is -2.08. The summed E-state index contributed by atoms with van der Waals surface area (Å²) in [6, 6.07) is 23.9. The van der Waals surface area contributed by atoms with Gasteiger partial charge in [-0.25, -0.2) is 12.8 Å². The first-order valence-electron chi connectivity index (χ1n) is 10.2. The molecule has 0 fully saturated rings. The number of hydrogen-bond acceptors (Lipinski definition) is 4. The van der Waals surface area contributed by atoms with Gasteiger partial charge in [-0.1, -0.05) is 48.5 Å². The minimum absolute atomic E-state index is 0.275. The van der Waals surface area contributed by atoms with E-state index in [0.29, 0.717) is 23.4 Å². The molecule has 1 aromatic heterocycles. The number of carbonyl (C=O) groups excluding carboxylic acids is 1. The van der Waals surface area contributed by atoms with Crippen LogP contribution in [0.3, 0.4) is 0 Å². The molecule has 0 saturated carbocycles. The summed E-state index contributed by atoms with van der Waals surface area (Å²) in [5.41, 5.74) is 3.99. The number of nitrogens with zero attached hydrogens (tertiary/aromatic N) is 1. The summed E-state index contributed by atoms with van der Waals surface area (Å²) in [4.78, 5) is 17.0. The van der Waals surface area contributed by atoms with Crippen LogP contribution in [0.4, 0.5) is 4.39 Å². The second-order valence-corrected chi connectivity index (χ2v) is 9.60. The minimum atomic E-state index is -3.23. The van der Waals surface area contributed by atoms with E-state index in [1.54, 1.807) is 54.6 Å². The minimum Gasteiger partial charge on any atom is -0.348 e. The molecule has 0 bridgehead atoms. The standard InChI is InChI=1S/C26H21FN2O3S/c1-33(31,32)22-13-10-20(11-14-22)19-8-6-18(7-9-19)16-29-26(30)21-12-15-25(28-17-21)23-4-2-3-5-24(23)27/h2-15,17H,16H2,1H3,(H,29,30). The van der Waals surface area contributed by atoms with Crippen molar-refractivity contribution < 1.29 is 17.6 Å². The molecule has 1 N–H and O–H groups in total. The summed E-state index contributed by atoms with van der Waals surface area (Å²) >= 11 is 0. The highest BCUT2D eigenvalue weighted by molar-refractivity contribution is 7.90. The molecule has 0 radical (unpaired) electrons. The lowest BCUT2D eigenvalue weighted by atomic mass is 10.0. The number of aromatic nitrogens is 1. The highest BCUT2D eigenvalue weighted by Crippen LogP contribution is 2.22. The molecule has 166 valence electrons. The SMILES string of the molecule is CS(=O)(=O)c1ccc(-c2ccc(CNC(=O)c3ccc(-c4ccccc4F)nc3)cc2)cc1. The first-order valence-corrected chi connectivity index (χ1v) is 12.1. The first-order chi connectivity index (χ1) is 15.8. The number of sulfone groups is 1. The third-order valence-electron chi connectivity index (χ3n) is 5.20. The van der Waals surface area contributed by atoms with Gasteiger partial charge in [-0.2, -0.15) is 0 Å². The van der Waals surface area contributed by atoms with E-state index in [9.17, 15) is 17.6 Å². The Morgan fingerprint density at radius 1 is 0.879 bits per heavy atom. The Morgan fingerprint density at radius 3 is 2.09 bits per heavy atom. The van der Waals surface area contributed by atoms with Gasteiger partial charge < -0.3 is 5.32 Å². The largest absolute Gasteiger partial charge is 0.348 e. The van der Waals surface area contributed by atoms with E-state index in [0.717, 1.165) is 16.7 Å². The first kappa shape index (κ1) is 22.4. The van der Waals surface area contributed by atoms with Gasteiger partial charge in [-0.3, -0.25) is 9.78 Å². The normalized spacial score (nSPS) is 11.2. The lowest BCUT2D eigenvalue weighted by Crippen LogP contribution is -2.22. The van der Waals surface area contributed by atoms with Crippen LogP contribution in [0, 0.1) is 5.82 Å². The van der Waals surface area contributed by atoms with Gasteiger partial charge in [0.2, 0.25) is 0 Å². The van der Waals surface area contributed by atoms with Crippen LogP contribution in [-0.4, -0.2) is 25.6 Å². The van der Waals surface area contributed by atoms with Crippen LogP contribution in [0.25, 0.3) is 22.4 Å². The van der Waals surface area contributed by atoms with E-state index in [-0.39, 0.29) is 16.6 Å². The van der Waals surface area contributed by atoms with E-state index in [1.807, 2.05) is 24.3 Å². The maximum absolute atomic E-state index is 13.9. The topological polar surface area (TPSA) is 76.1 Å². The monoisotopic (exact) mass is 460 g/mol. The van der Waals surface area contributed by atoms with Crippen LogP contribution < -0.4 is 5.32 Å². The molecular weight excluding hydrogens is 439 g/mol. The summed E-state index contributed by atoms with van der Waals surface area (Å²) in [5.74, 6) is -0.639. The Kier molecular flexibility index (Phi) is 6.33. The van der Waals surface area contributed by atoms with Crippen LogP contribution in [0.5, 0.6) is 0 Å². The van der Waals surface area contributed by atoms with Crippen molar-refractivity contribution in [1.29, 1.82) is 0 Å². The summed E-state index contributed by atoms with van der Waals surface area (Å²) in [7, 11) is -3.23. The second-order valence-electron chi connectivity index (χ2n) is 7.59. The van der Waals surface area contributed by atoms with Crippen molar-refractivity contribution in [2.45, 2.75) is 11.4 Å². The number of benzene rings is 3. The molecule has 0 spiro atoms. The van der Waals surface area contributed by atoms with Crippen LogP contribution in [0.1, 0.15) is 15.9 Å². The van der Waals surface area contributed by atoms with Crippen molar-refractivity contribution in [3.8, 4) is 22.4 Å². The molecule has 33 heavy (non-hydrogen) atoms. The van der Waals surface area contributed by atoms with Crippen LogP contribution >= 0.6 is 0 Å². The number of pyridine rings is 1. The quantitative estimate of drug-likeness (QED) is 0.445. The van der Waals surface area contributed by atoms with E-state index >= 15 is 0 Å². The van der Waals surface area contributed by atoms with E-state index in [1.165, 1.54) is 18.5 Å². The van der Waals surface area contributed by atoms with Crippen LogP contribution in [0.15, 0.2) is 96.0 Å². The Labute approximate surface area is 191 Å². The van der Waals surface area contributed by atoms with Crippen molar-refractivity contribution in [3.63, 3.8) is 0 Å². The summed E-state index contributed by atoms with van der Waals surface area (Å²) in [6.07, 6.45) is 2.61. The highest BCUT2D eigenvalue weighted by atomic mass is 32.2. The van der Waals surface area contributed by atoms with Crippen molar-refractivity contribution in [2.75, 3.05) is 6.26 Å². The summed E-state index contributed by atoms with van der Waals surface area (Å²) in [5, 5.41) is 2.85. The molecule has 1 amide bonds. The summed E-state index contributed by atoms with van der Waals surface area (Å²) < 4.78 is 37.1. The number of hydrogen-bond donors (Lipinski definition) is 1. The Bertz CT molecular complexity index is 1380. The van der Waals surface area contributed by atoms with Crippen molar-refractivity contribution in [1.82, 2.24) is 10.3 Å². The van der Waals surface area contributed by atoms with Crippen molar-refractivity contribution in [2.24, 2.45) is 0 Å². The van der Waals surface area contributed by atoms with Crippen LogP contribution in [-0.2, 0) is 16.4 Å². The third kappa shape index (κ3) is 5.32. The Morgan fingerprint density at radius 2 is 1.52 bits per heavy atom. The molecule has 0 atom stereocenters. The highest BCUT2D eigenvalue weighted by Gasteiger charge is 2.10. The van der Waals surface area contributed by atoms with Crippen molar-refractivity contribution in [3.05, 3.63) is 108 Å². The average Bonchev–Trinajstić information content (AvgIpc) is 2.83. The van der Waals surface area contributed by atoms with Gasteiger partial charge >= 0.3 is 0 Å². The van der Waals surface area contributed by atoms with Crippen molar-refractivity contribution >= 4 is 15.7 Å². The van der Waals surface area contributed by atoms with Crippen LogP contribution in [0.2, 0.25) is 0 Å². The molecule has 0 aliphatic carbocycles. The molecule has 3 aromatic carbocycles. The fourth-order valence-corrected chi connectivity index (χ4v) is 3.98. The molecule has 0 aliphatic rings. The maximum Gasteiger partial charge on any atom is 0.253 e. The second kappa shape index (κ2) is 9.34. The molecule has 1 heterocycles. The predicted octanol–water partition coefficient (Wildman–Crippen LogP) is 4.89. The molecule has 0 saturated heterocycles. The predicted molar refractivity (Wildman–Crippen MR) is 126 cm³/mol. The summed E-state index contributed by atoms with van der Waals surface area (Å²) in [6.45, 7) is 0.335. The Hall–Kier alpha value is -3.84. The van der Waals surface area contributed by atoms with Gasteiger partial charge in [-0.05, 0) is 53.1 Å². The number of amides is 1. The van der Waals surface area contributed by atoms with Gasteiger partial charge in [0, 0.05) is 24.6 Å². The van der Waals surface area contributed by atoms with E-state index in [4.69, 9.17) is 0 Å². The molecule has 7 heteroatoms. The molecule has 4 rings (SSSR count). The van der Waals surface area contributed by atoms with E-state index in [2.05, 4.69) is 10.3 Å². The molecule has 0 unspecified atom stereocenters. The molecular formula is C26H21FN2O3S. The van der Waals surface area contributed by atoms with Gasteiger partial charge in [0.05, 0.1) is 16.2 Å². The number of carbonyl (C=O) groups is 1. The van der Waals surface area contributed by atoms with E-state index < -0.39 is 9.84 Å². The number of halogens is 1. The zero-order chi connectivity index (χ0) is 23.4. The number of rotatable bonds is 6. The Balaban J connectivity index is 1.38. The lowest BCUT2D eigenvalue weighted by molar-refractivity contribution is 0.0950. The maximum atomic E-state index is 13.9. The van der Waals surface area contributed by atoms with Gasteiger partial charge in [-0.15, -0.1) is 0 Å². The van der Waals surface area contributed by atoms with Gasteiger partial charge in [0.15, 0.2) is 9.84 Å². The fourth-order valence-electron chi connectivity index (χ4n) is 3.35. The molecule has 4 aromatic rings. The smallest absolute Gasteiger partial charge is 0.253 e. The van der Waals surface area contributed by atoms with Gasteiger partial charge in [0.1, 0.15) is 5.82 Å². The fraction of sp³-hybridized carbons (Fsp3) is 0.0769. The average molecular weight is 461 g/mol. The molecule has 0 aliphatic heterocycles.